The second kappa shape index (κ2) is 3.70. The van der Waals surface area contributed by atoms with Gasteiger partial charge in [-0.05, 0) is 12.1 Å². The van der Waals surface area contributed by atoms with Crippen molar-refractivity contribution in [1.82, 2.24) is 0 Å². The predicted molar refractivity (Wildman–Crippen MR) is 50.8 cm³/mol. The van der Waals surface area contributed by atoms with Gasteiger partial charge < -0.3 is 5.11 Å². The molecule has 1 N–H and O–H groups in total. The maximum absolute atomic E-state index is 13.1. The van der Waals surface area contributed by atoms with Crippen LogP contribution in [0.3, 0.4) is 0 Å². The molecule has 0 aliphatic carbocycles. The minimum atomic E-state index is -1.23. The molecule has 0 aliphatic heterocycles. The first-order valence-electron chi connectivity index (χ1n) is 3.40. The fourth-order valence-corrected chi connectivity index (χ4v) is 1.47. The zero-order valence-electron chi connectivity index (χ0n) is 6.55. The van der Waals surface area contributed by atoms with E-state index in [0.717, 1.165) is 0 Å². The van der Waals surface area contributed by atoms with E-state index in [1.165, 1.54) is 12.1 Å². The van der Waals surface area contributed by atoms with Crippen molar-refractivity contribution in [3.8, 4) is 0 Å². The zero-order chi connectivity index (χ0) is 10.0. The Balaban J connectivity index is 3.28. The van der Waals surface area contributed by atoms with Crippen molar-refractivity contribution in [3.05, 3.63) is 40.6 Å². The number of aliphatic carboxylic acids is 1. The Hall–Kier alpha value is -1.16. The van der Waals surface area contributed by atoms with E-state index in [1.54, 1.807) is 6.07 Å². The van der Waals surface area contributed by atoms with Gasteiger partial charge in [0.05, 0.1) is 5.57 Å². The summed E-state index contributed by atoms with van der Waals surface area (Å²) < 4.78 is 13.5. The molecule has 68 valence electrons. The van der Waals surface area contributed by atoms with Gasteiger partial charge in [0.2, 0.25) is 0 Å². The van der Waals surface area contributed by atoms with Crippen LogP contribution in [0, 0.1) is 5.82 Å². The van der Waals surface area contributed by atoms with Gasteiger partial charge in [0.25, 0.3) is 0 Å². The average Bonchev–Trinajstić information content (AvgIpc) is 2.03. The number of rotatable bonds is 2. The summed E-state index contributed by atoms with van der Waals surface area (Å²) in [4.78, 5) is 10.5. The van der Waals surface area contributed by atoms with Crippen molar-refractivity contribution in [2.45, 2.75) is 0 Å². The third kappa shape index (κ3) is 1.95. The van der Waals surface area contributed by atoms with Gasteiger partial charge in [-0.15, -0.1) is 0 Å². The van der Waals surface area contributed by atoms with E-state index in [9.17, 15) is 9.18 Å². The lowest BCUT2D eigenvalue weighted by Gasteiger charge is -2.04. The summed E-state index contributed by atoms with van der Waals surface area (Å²) in [6.45, 7) is 3.28. The molecule has 0 aliphatic rings. The Morgan fingerprint density at radius 1 is 1.54 bits per heavy atom. The van der Waals surface area contributed by atoms with E-state index in [1.807, 2.05) is 0 Å². The summed E-state index contributed by atoms with van der Waals surface area (Å²) in [5.74, 6) is -1.83. The van der Waals surface area contributed by atoms with Crippen molar-refractivity contribution in [3.63, 3.8) is 0 Å². The topological polar surface area (TPSA) is 37.3 Å². The van der Waals surface area contributed by atoms with Gasteiger partial charge in [-0.25, -0.2) is 9.18 Å². The Morgan fingerprint density at radius 3 is 2.62 bits per heavy atom. The largest absolute Gasteiger partial charge is 0.478 e. The first-order chi connectivity index (χ1) is 6.04. The van der Waals surface area contributed by atoms with Crippen LogP contribution in [0.1, 0.15) is 5.56 Å². The lowest BCUT2D eigenvalue weighted by atomic mass is 10.1. The van der Waals surface area contributed by atoms with Crippen LogP contribution in [0.5, 0.6) is 0 Å². The molecule has 13 heavy (non-hydrogen) atoms. The van der Waals surface area contributed by atoms with E-state index < -0.39 is 11.8 Å². The monoisotopic (exact) mass is 244 g/mol. The van der Waals surface area contributed by atoms with Crippen LogP contribution in [0.25, 0.3) is 5.57 Å². The minimum Gasteiger partial charge on any atom is -0.478 e. The van der Waals surface area contributed by atoms with Crippen LogP contribution in [0.4, 0.5) is 4.39 Å². The molecule has 0 spiro atoms. The quantitative estimate of drug-likeness (QED) is 0.813. The number of carboxylic acids is 1. The molecule has 0 saturated carbocycles. The molecule has 1 aromatic rings. The Kier molecular flexibility index (Phi) is 2.83. The molecule has 2 nitrogen and oxygen atoms in total. The summed E-state index contributed by atoms with van der Waals surface area (Å²) in [6.07, 6.45) is 0. The SMILES string of the molecule is C=C(C(=O)O)c1c(F)cccc1Br. The lowest BCUT2D eigenvalue weighted by molar-refractivity contribution is -0.130. The molecule has 0 bridgehead atoms. The molecule has 4 heteroatoms. The van der Waals surface area contributed by atoms with Crippen molar-refractivity contribution < 1.29 is 14.3 Å². The van der Waals surface area contributed by atoms with Crippen LogP contribution in [-0.2, 0) is 4.79 Å². The second-order valence-electron chi connectivity index (χ2n) is 2.38. The molecule has 0 fully saturated rings. The molecule has 0 heterocycles. The van der Waals surface area contributed by atoms with E-state index in [2.05, 4.69) is 22.5 Å². The van der Waals surface area contributed by atoms with Gasteiger partial charge in [0, 0.05) is 10.0 Å². The first kappa shape index (κ1) is 9.92. The summed E-state index contributed by atoms with van der Waals surface area (Å²) in [6, 6.07) is 4.23. The molecule has 1 aromatic carbocycles. The highest BCUT2D eigenvalue weighted by Gasteiger charge is 2.14. The third-order valence-electron chi connectivity index (χ3n) is 1.52. The van der Waals surface area contributed by atoms with Gasteiger partial charge in [-0.1, -0.05) is 28.6 Å². The van der Waals surface area contributed by atoms with Crippen molar-refractivity contribution >= 4 is 27.5 Å². The average molecular weight is 245 g/mol. The molecular weight excluding hydrogens is 239 g/mol. The van der Waals surface area contributed by atoms with Gasteiger partial charge >= 0.3 is 5.97 Å². The molecule has 0 amide bonds. The minimum absolute atomic E-state index is 0.00463. The fourth-order valence-electron chi connectivity index (χ4n) is 0.893. The highest BCUT2D eigenvalue weighted by atomic mass is 79.9. The number of carbonyl (C=O) groups is 1. The van der Waals surface area contributed by atoms with Crippen LogP contribution in [0.2, 0.25) is 0 Å². The molecule has 1 rings (SSSR count). The highest BCUT2D eigenvalue weighted by Crippen LogP contribution is 2.25. The van der Waals surface area contributed by atoms with Crippen LogP contribution in [0.15, 0.2) is 29.3 Å². The maximum Gasteiger partial charge on any atom is 0.335 e. The van der Waals surface area contributed by atoms with Gasteiger partial charge in [0.15, 0.2) is 0 Å². The fraction of sp³-hybridized carbons (Fsp3) is 0. The van der Waals surface area contributed by atoms with Crippen LogP contribution in [-0.4, -0.2) is 11.1 Å². The van der Waals surface area contributed by atoms with Gasteiger partial charge in [0.1, 0.15) is 5.82 Å². The summed E-state index contributed by atoms with van der Waals surface area (Å²) in [5, 5.41) is 8.60. The molecule has 0 aromatic heterocycles. The van der Waals surface area contributed by atoms with E-state index in [0.29, 0.717) is 4.47 Å². The highest BCUT2D eigenvalue weighted by molar-refractivity contribution is 9.10. The van der Waals surface area contributed by atoms with Crippen molar-refractivity contribution in [1.29, 1.82) is 0 Å². The van der Waals surface area contributed by atoms with Crippen LogP contribution < -0.4 is 0 Å². The van der Waals surface area contributed by atoms with E-state index in [4.69, 9.17) is 5.11 Å². The Labute approximate surface area is 82.8 Å². The first-order valence-corrected chi connectivity index (χ1v) is 4.20. The molecule has 0 unspecified atom stereocenters. The Bertz CT molecular complexity index is 354. The summed E-state index contributed by atoms with van der Waals surface area (Å²) in [5.41, 5.74) is -0.264. The smallest absolute Gasteiger partial charge is 0.335 e. The number of halogens is 2. The predicted octanol–water partition coefficient (Wildman–Crippen LogP) is 2.69. The Morgan fingerprint density at radius 2 is 2.15 bits per heavy atom. The maximum atomic E-state index is 13.1. The third-order valence-corrected chi connectivity index (χ3v) is 2.18. The molecule has 0 saturated heterocycles. The number of benzene rings is 1. The van der Waals surface area contributed by atoms with E-state index >= 15 is 0 Å². The van der Waals surface area contributed by atoms with Crippen molar-refractivity contribution in [2.75, 3.05) is 0 Å². The number of hydrogen-bond acceptors (Lipinski definition) is 1. The van der Waals surface area contributed by atoms with E-state index in [-0.39, 0.29) is 11.1 Å². The molecular formula is C9H6BrFO2. The molecule has 0 atom stereocenters. The normalized spacial score (nSPS) is 9.69. The number of hydrogen-bond donors (Lipinski definition) is 1. The van der Waals surface area contributed by atoms with Gasteiger partial charge in [-0.2, -0.15) is 0 Å². The zero-order valence-corrected chi connectivity index (χ0v) is 8.14. The van der Waals surface area contributed by atoms with Gasteiger partial charge in [-0.3, -0.25) is 0 Å². The molecule has 0 radical (unpaired) electrons. The van der Waals surface area contributed by atoms with Crippen molar-refractivity contribution in [2.24, 2.45) is 0 Å². The summed E-state index contributed by atoms with van der Waals surface area (Å²) >= 11 is 3.05. The summed E-state index contributed by atoms with van der Waals surface area (Å²) in [7, 11) is 0. The number of carboxylic acid groups (broad SMARTS) is 1. The standard InChI is InChI=1S/C9H6BrFO2/c1-5(9(12)13)8-6(10)3-2-4-7(8)11/h2-4H,1H2,(H,12,13). The lowest BCUT2D eigenvalue weighted by Crippen LogP contribution is -2.01. The van der Waals surface area contributed by atoms with Crippen LogP contribution >= 0.6 is 15.9 Å². The second-order valence-corrected chi connectivity index (χ2v) is 3.23.